The molecule has 1 aromatic rings. The number of piperidine rings is 1. The minimum atomic E-state index is -1.26. The molecule has 1 saturated heterocycles. The summed E-state index contributed by atoms with van der Waals surface area (Å²) >= 11 is 0. The van der Waals surface area contributed by atoms with Crippen LogP contribution in [0.1, 0.15) is 36.5 Å². The Morgan fingerprint density at radius 3 is 2.71 bits per heavy atom. The highest BCUT2D eigenvalue weighted by atomic mass is 16.6. The highest BCUT2D eigenvalue weighted by Crippen LogP contribution is 2.30. The van der Waals surface area contributed by atoms with Crippen LogP contribution in [0.3, 0.4) is 0 Å². The van der Waals surface area contributed by atoms with E-state index in [4.69, 9.17) is 0 Å². The number of amides is 1. The van der Waals surface area contributed by atoms with Gasteiger partial charge in [-0.2, -0.15) is 0 Å². The van der Waals surface area contributed by atoms with Gasteiger partial charge in [0.25, 0.3) is 11.6 Å². The van der Waals surface area contributed by atoms with Crippen molar-refractivity contribution in [2.45, 2.75) is 31.7 Å². The van der Waals surface area contributed by atoms with Crippen LogP contribution in [0.4, 0.5) is 5.69 Å². The summed E-state index contributed by atoms with van der Waals surface area (Å²) in [5, 5.41) is 20.2. The number of nitro groups is 1. The van der Waals surface area contributed by atoms with Gasteiger partial charge in [0, 0.05) is 24.2 Å². The van der Waals surface area contributed by atoms with Gasteiger partial charge < -0.3 is 10.0 Å². The molecule has 1 aliphatic heterocycles. The number of aliphatic carboxylic acids is 1. The van der Waals surface area contributed by atoms with Crippen LogP contribution in [0.25, 0.3) is 0 Å². The van der Waals surface area contributed by atoms with Gasteiger partial charge >= 0.3 is 5.97 Å². The lowest BCUT2D eigenvalue weighted by Crippen LogP contribution is -2.57. The molecule has 1 fully saturated rings. The molecule has 0 aromatic heterocycles. The maximum Gasteiger partial charge on any atom is 0.329 e. The van der Waals surface area contributed by atoms with Crippen molar-refractivity contribution < 1.29 is 19.6 Å². The van der Waals surface area contributed by atoms with E-state index in [1.165, 1.54) is 36.1 Å². The van der Waals surface area contributed by atoms with Gasteiger partial charge in [-0.1, -0.05) is 6.07 Å². The summed E-state index contributed by atoms with van der Waals surface area (Å²) in [7, 11) is 0. The largest absolute Gasteiger partial charge is 0.480 e. The number of rotatable bonds is 3. The quantitative estimate of drug-likeness (QED) is 0.678. The highest BCUT2D eigenvalue weighted by Gasteiger charge is 2.44. The average molecular weight is 292 g/mol. The van der Waals surface area contributed by atoms with Crippen molar-refractivity contribution in [3.63, 3.8) is 0 Å². The first-order chi connectivity index (χ1) is 9.86. The summed E-state index contributed by atoms with van der Waals surface area (Å²) in [6.45, 7) is 1.86. The van der Waals surface area contributed by atoms with Crippen molar-refractivity contribution in [3.05, 3.63) is 39.9 Å². The summed E-state index contributed by atoms with van der Waals surface area (Å²) < 4.78 is 0. The predicted octanol–water partition coefficient (Wildman–Crippen LogP) is 2.06. The molecule has 1 heterocycles. The number of hydrogen-bond donors (Lipinski definition) is 1. The zero-order valence-corrected chi connectivity index (χ0v) is 11.6. The Morgan fingerprint density at radius 2 is 2.10 bits per heavy atom. The van der Waals surface area contributed by atoms with Crippen LogP contribution < -0.4 is 0 Å². The number of nitro benzene ring substituents is 1. The Labute approximate surface area is 121 Å². The topological polar surface area (TPSA) is 101 Å². The van der Waals surface area contributed by atoms with Crippen molar-refractivity contribution >= 4 is 17.6 Å². The Bertz CT molecular complexity index is 601. The summed E-state index contributed by atoms with van der Waals surface area (Å²) in [6.07, 6.45) is 1.84. The molecule has 0 spiro atoms. The molecular formula is C14H16N2O5. The molecule has 2 rings (SSSR count). The fraction of sp³-hybridized carbons (Fsp3) is 0.429. The molecule has 7 heteroatoms. The number of carboxylic acids is 1. The van der Waals surface area contributed by atoms with Crippen LogP contribution in [-0.4, -0.2) is 38.9 Å². The van der Waals surface area contributed by atoms with Gasteiger partial charge in [-0.15, -0.1) is 0 Å². The second-order valence-corrected chi connectivity index (χ2v) is 5.30. The number of nitrogens with zero attached hydrogens (tertiary/aromatic N) is 2. The molecule has 0 radical (unpaired) electrons. The Hall–Kier alpha value is -2.44. The third-order valence-corrected chi connectivity index (χ3v) is 3.90. The highest BCUT2D eigenvalue weighted by molar-refractivity contribution is 5.98. The number of hydrogen-bond acceptors (Lipinski definition) is 4. The number of carbonyl (C=O) groups excluding carboxylic acids is 1. The fourth-order valence-electron chi connectivity index (χ4n) is 2.58. The molecule has 1 aromatic carbocycles. The van der Waals surface area contributed by atoms with Gasteiger partial charge in [0.1, 0.15) is 5.54 Å². The lowest BCUT2D eigenvalue weighted by molar-refractivity contribution is -0.384. The maximum atomic E-state index is 12.5. The monoisotopic (exact) mass is 292 g/mol. The summed E-state index contributed by atoms with van der Waals surface area (Å²) in [6, 6.07) is 5.36. The average Bonchev–Trinajstić information content (AvgIpc) is 2.47. The molecule has 1 N–H and O–H groups in total. The molecule has 21 heavy (non-hydrogen) atoms. The van der Waals surface area contributed by atoms with E-state index in [9.17, 15) is 24.8 Å². The van der Waals surface area contributed by atoms with Crippen LogP contribution in [0, 0.1) is 10.1 Å². The van der Waals surface area contributed by atoms with E-state index in [-0.39, 0.29) is 11.3 Å². The molecule has 1 amide bonds. The number of carboxylic acid groups (broad SMARTS) is 1. The van der Waals surface area contributed by atoms with Crippen molar-refractivity contribution in [2.24, 2.45) is 0 Å². The third-order valence-electron chi connectivity index (χ3n) is 3.90. The first kappa shape index (κ1) is 15.0. The van der Waals surface area contributed by atoms with E-state index in [0.29, 0.717) is 13.0 Å². The smallest absolute Gasteiger partial charge is 0.329 e. The second-order valence-electron chi connectivity index (χ2n) is 5.30. The minimum absolute atomic E-state index is 0.138. The molecule has 0 aliphatic carbocycles. The zero-order chi connectivity index (χ0) is 15.6. The summed E-state index contributed by atoms with van der Waals surface area (Å²) in [4.78, 5) is 35.5. The molecule has 0 saturated carbocycles. The number of carbonyl (C=O) groups is 2. The van der Waals surface area contributed by atoms with Gasteiger partial charge in [0.05, 0.1) is 4.92 Å². The maximum absolute atomic E-state index is 12.5. The molecule has 1 atom stereocenters. The van der Waals surface area contributed by atoms with Gasteiger partial charge in [-0.05, 0) is 32.3 Å². The Morgan fingerprint density at radius 1 is 1.38 bits per heavy atom. The van der Waals surface area contributed by atoms with E-state index >= 15 is 0 Å². The van der Waals surface area contributed by atoms with Crippen molar-refractivity contribution in [2.75, 3.05) is 6.54 Å². The van der Waals surface area contributed by atoms with E-state index in [2.05, 4.69) is 0 Å². The van der Waals surface area contributed by atoms with Gasteiger partial charge in [0.2, 0.25) is 0 Å². The van der Waals surface area contributed by atoms with Gasteiger partial charge in [-0.3, -0.25) is 14.9 Å². The SMILES string of the molecule is CC1(C(=O)O)CCCCN1C(=O)c1cccc([N+](=O)[O-])c1. The molecule has 0 bridgehead atoms. The second kappa shape index (κ2) is 5.51. The number of benzene rings is 1. The van der Waals surface area contributed by atoms with Gasteiger partial charge in [-0.25, -0.2) is 4.79 Å². The summed E-state index contributed by atoms with van der Waals surface area (Å²) in [5.41, 5.74) is -1.31. The first-order valence-electron chi connectivity index (χ1n) is 6.66. The number of non-ortho nitro benzene ring substituents is 1. The normalized spacial score (nSPS) is 21.9. The third kappa shape index (κ3) is 2.72. The minimum Gasteiger partial charge on any atom is -0.480 e. The lowest BCUT2D eigenvalue weighted by Gasteiger charge is -2.41. The standard InChI is InChI=1S/C14H16N2O5/c1-14(13(18)19)7-2-3-8-15(14)12(17)10-5-4-6-11(9-10)16(20)21/h4-6,9H,2-3,7-8H2,1H3,(H,18,19). The van der Waals surface area contributed by atoms with Crippen molar-refractivity contribution in [3.8, 4) is 0 Å². The van der Waals surface area contributed by atoms with Crippen LogP contribution in [-0.2, 0) is 4.79 Å². The molecule has 1 aliphatic rings. The first-order valence-corrected chi connectivity index (χ1v) is 6.66. The van der Waals surface area contributed by atoms with Gasteiger partial charge in [0.15, 0.2) is 0 Å². The Kier molecular flexibility index (Phi) is 3.93. The van der Waals surface area contributed by atoms with E-state index in [1.807, 2.05) is 0 Å². The number of likely N-dealkylation sites (tertiary alicyclic amines) is 1. The van der Waals surface area contributed by atoms with Crippen LogP contribution >= 0.6 is 0 Å². The predicted molar refractivity (Wildman–Crippen MR) is 74.0 cm³/mol. The molecule has 112 valence electrons. The van der Waals surface area contributed by atoms with Crippen LogP contribution in [0.5, 0.6) is 0 Å². The van der Waals surface area contributed by atoms with Crippen LogP contribution in [0.2, 0.25) is 0 Å². The lowest BCUT2D eigenvalue weighted by atomic mass is 9.88. The van der Waals surface area contributed by atoms with Crippen LogP contribution in [0.15, 0.2) is 24.3 Å². The Balaban J connectivity index is 2.35. The van der Waals surface area contributed by atoms with E-state index < -0.39 is 22.3 Å². The molecule has 1 unspecified atom stereocenters. The zero-order valence-electron chi connectivity index (χ0n) is 11.6. The van der Waals surface area contributed by atoms with Crippen molar-refractivity contribution in [1.82, 2.24) is 4.90 Å². The fourth-order valence-corrected chi connectivity index (χ4v) is 2.58. The van der Waals surface area contributed by atoms with E-state index in [0.717, 1.165) is 12.8 Å². The van der Waals surface area contributed by atoms with E-state index in [1.54, 1.807) is 0 Å². The summed E-state index contributed by atoms with van der Waals surface area (Å²) in [5.74, 6) is -1.54. The molecule has 7 nitrogen and oxygen atoms in total. The molecular weight excluding hydrogens is 276 g/mol. The van der Waals surface area contributed by atoms with Crippen molar-refractivity contribution in [1.29, 1.82) is 0 Å².